The van der Waals surface area contributed by atoms with Gasteiger partial charge in [-0.15, -0.1) is 0 Å². The highest BCUT2D eigenvalue weighted by molar-refractivity contribution is 7.92. The molecule has 38 heavy (non-hydrogen) atoms. The van der Waals surface area contributed by atoms with Gasteiger partial charge in [-0.05, 0) is 66.9 Å². The number of halogens is 2. The van der Waals surface area contributed by atoms with Crippen LogP contribution in [0.3, 0.4) is 0 Å². The molecule has 2 N–H and O–H groups in total. The first kappa shape index (κ1) is 26.8. The van der Waals surface area contributed by atoms with Crippen molar-refractivity contribution < 1.29 is 17.5 Å². The third-order valence-corrected chi connectivity index (χ3v) is 7.17. The first-order valence-corrected chi connectivity index (χ1v) is 13.0. The van der Waals surface area contributed by atoms with Gasteiger partial charge in [0, 0.05) is 30.1 Å². The van der Waals surface area contributed by atoms with Gasteiger partial charge >= 0.3 is 0 Å². The monoisotopic (exact) mass is 551 g/mol. The van der Waals surface area contributed by atoms with Crippen LogP contribution in [-0.4, -0.2) is 40.0 Å². The molecule has 3 aromatic rings. The molecule has 0 radical (unpaired) electrons. The molecule has 0 atom stereocenters. The van der Waals surface area contributed by atoms with E-state index < -0.39 is 15.8 Å². The molecule has 1 aliphatic carbocycles. The Morgan fingerprint density at radius 1 is 1.11 bits per heavy atom. The molecule has 194 valence electrons. The van der Waals surface area contributed by atoms with Gasteiger partial charge in [-0.25, -0.2) is 17.8 Å². The Labute approximate surface area is 225 Å². The van der Waals surface area contributed by atoms with Crippen LogP contribution in [0.2, 0.25) is 5.02 Å². The van der Waals surface area contributed by atoms with Gasteiger partial charge in [0.2, 0.25) is 0 Å². The second kappa shape index (κ2) is 11.4. The lowest BCUT2D eigenvalue weighted by molar-refractivity contribution is 0.415. The summed E-state index contributed by atoms with van der Waals surface area (Å²) in [5.41, 5.74) is 3.54. The van der Waals surface area contributed by atoms with Crippen LogP contribution in [0, 0.1) is 5.82 Å². The van der Waals surface area contributed by atoms with Crippen molar-refractivity contribution in [2.75, 3.05) is 24.2 Å². The fourth-order valence-corrected chi connectivity index (χ4v) is 5.00. The number of hydrogen-bond acceptors (Lipinski definition) is 7. The number of aromatic nitrogens is 1. The maximum absolute atomic E-state index is 13.6. The van der Waals surface area contributed by atoms with Gasteiger partial charge < -0.3 is 10.1 Å². The van der Waals surface area contributed by atoms with Crippen LogP contribution >= 0.6 is 11.6 Å². The van der Waals surface area contributed by atoms with Crippen LogP contribution in [0.4, 0.5) is 15.8 Å². The fraction of sp³-hybridized carbons (Fsp3) is 0.0741. The number of rotatable bonds is 8. The van der Waals surface area contributed by atoms with Crippen LogP contribution in [0.25, 0.3) is 5.57 Å². The highest BCUT2D eigenvalue weighted by Gasteiger charge is 2.18. The van der Waals surface area contributed by atoms with Crippen molar-refractivity contribution in [3.05, 3.63) is 107 Å². The zero-order valence-corrected chi connectivity index (χ0v) is 22.0. The number of ether oxygens (including phenoxy) is 1. The van der Waals surface area contributed by atoms with Crippen LogP contribution in [-0.2, 0) is 10.0 Å². The minimum Gasteiger partial charge on any atom is -0.495 e. The molecule has 8 nitrogen and oxygen atoms in total. The molecule has 0 spiro atoms. The van der Waals surface area contributed by atoms with Gasteiger partial charge in [0.25, 0.3) is 10.0 Å². The van der Waals surface area contributed by atoms with E-state index in [4.69, 9.17) is 16.3 Å². The van der Waals surface area contributed by atoms with Crippen molar-refractivity contribution >= 4 is 51.0 Å². The predicted octanol–water partition coefficient (Wildman–Crippen LogP) is 5.73. The van der Waals surface area contributed by atoms with Crippen molar-refractivity contribution in [1.29, 1.82) is 0 Å². The zero-order valence-electron chi connectivity index (χ0n) is 20.4. The summed E-state index contributed by atoms with van der Waals surface area (Å²) in [5.74, 6) is 0.323. The van der Waals surface area contributed by atoms with Crippen molar-refractivity contribution in [1.82, 2.24) is 4.98 Å². The van der Waals surface area contributed by atoms with Crippen LogP contribution in [0.15, 0.2) is 105 Å². The maximum Gasteiger partial charge on any atom is 0.262 e. The van der Waals surface area contributed by atoms with Crippen molar-refractivity contribution in [3.63, 3.8) is 0 Å². The number of allylic oxidation sites excluding steroid dienone is 5. The zero-order chi connectivity index (χ0) is 27.3. The quantitative estimate of drug-likeness (QED) is 0.348. The molecule has 11 heteroatoms. The Hall–Kier alpha value is -4.28. The molecule has 0 saturated heterocycles. The van der Waals surface area contributed by atoms with E-state index in [-0.39, 0.29) is 10.6 Å². The molecule has 0 fully saturated rings. The molecular formula is C27H23ClFN5O3S. The van der Waals surface area contributed by atoms with E-state index in [2.05, 4.69) is 31.7 Å². The van der Waals surface area contributed by atoms with E-state index in [0.717, 1.165) is 11.6 Å². The molecule has 0 aliphatic heterocycles. The summed E-state index contributed by atoms with van der Waals surface area (Å²) < 4.78 is 46.7. The Bertz CT molecular complexity index is 1630. The summed E-state index contributed by atoms with van der Waals surface area (Å²) >= 11 is 6.26. The first-order valence-electron chi connectivity index (χ1n) is 11.2. The van der Waals surface area contributed by atoms with Crippen LogP contribution in [0.5, 0.6) is 5.75 Å². The predicted molar refractivity (Wildman–Crippen MR) is 150 cm³/mol. The highest BCUT2D eigenvalue weighted by atomic mass is 35.5. The summed E-state index contributed by atoms with van der Waals surface area (Å²) in [5, 5.41) is 3.63. The third kappa shape index (κ3) is 5.99. The molecule has 4 rings (SSSR count). The number of pyridine rings is 1. The molecule has 1 aromatic heterocycles. The maximum atomic E-state index is 13.6. The van der Waals surface area contributed by atoms with E-state index in [9.17, 15) is 12.8 Å². The van der Waals surface area contributed by atoms with Gasteiger partial charge in [-0.2, -0.15) is 0 Å². The van der Waals surface area contributed by atoms with Gasteiger partial charge in [0.15, 0.2) is 0 Å². The largest absolute Gasteiger partial charge is 0.495 e. The molecule has 2 aromatic carbocycles. The van der Waals surface area contributed by atoms with Gasteiger partial charge in [0.1, 0.15) is 17.4 Å². The standard InChI is InChI=1S/C27H23ClFN5O3S/c1-30-25-9-7-17(12-23(25)27(31-2)33-20-8-10-26(37-3)24(28)14-20)18-11-21(16-32-15-18)34-38(35,36)22-6-4-5-19(29)13-22/h4-16,33-34H,2H2,1,3H3/b27-23+,30-25-. The number of nitrogens with zero attached hydrogens (tertiary/aromatic N) is 3. The van der Waals surface area contributed by atoms with Crippen molar-refractivity contribution in [2.45, 2.75) is 4.90 Å². The molecule has 0 amide bonds. The lowest BCUT2D eigenvalue weighted by Gasteiger charge is -2.17. The normalized spacial score (nSPS) is 15.6. The van der Waals surface area contributed by atoms with Gasteiger partial charge in [-0.3, -0.25) is 14.7 Å². The Morgan fingerprint density at radius 3 is 2.61 bits per heavy atom. The van der Waals surface area contributed by atoms with E-state index in [1.54, 1.807) is 37.5 Å². The smallest absolute Gasteiger partial charge is 0.262 e. The van der Waals surface area contributed by atoms with Crippen molar-refractivity contribution in [2.24, 2.45) is 9.98 Å². The number of aliphatic imine (C=N–C) groups is 2. The number of sulfonamides is 1. The molecule has 0 bridgehead atoms. The highest BCUT2D eigenvalue weighted by Crippen LogP contribution is 2.30. The number of anilines is 2. The molecule has 1 aliphatic rings. The van der Waals surface area contributed by atoms with E-state index in [1.807, 2.05) is 18.2 Å². The molecule has 1 heterocycles. The van der Waals surface area contributed by atoms with Crippen LogP contribution in [0.1, 0.15) is 5.56 Å². The summed E-state index contributed by atoms with van der Waals surface area (Å²) in [4.78, 5) is 12.5. The van der Waals surface area contributed by atoms with Gasteiger partial charge in [0.05, 0.1) is 34.6 Å². The lowest BCUT2D eigenvalue weighted by atomic mass is 9.95. The first-order chi connectivity index (χ1) is 18.2. The average molecular weight is 552 g/mol. The fourth-order valence-electron chi connectivity index (χ4n) is 3.68. The summed E-state index contributed by atoms with van der Waals surface area (Å²) in [6.45, 7) is 3.69. The summed E-state index contributed by atoms with van der Waals surface area (Å²) in [6.07, 6.45) is 8.45. The van der Waals surface area contributed by atoms with Gasteiger partial charge in [-0.1, -0.05) is 23.7 Å². The number of methoxy groups -OCH3 is 1. The lowest BCUT2D eigenvalue weighted by Crippen LogP contribution is -2.13. The Balaban J connectivity index is 1.68. The van der Waals surface area contributed by atoms with E-state index in [1.165, 1.54) is 31.5 Å². The minimum absolute atomic E-state index is 0.194. The minimum atomic E-state index is -4.02. The Kier molecular flexibility index (Phi) is 8.04. The number of hydrogen-bond donors (Lipinski definition) is 2. The molecule has 0 unspecified atom stereocenters. The van der Waals surface area contributed by atoms with Crippen molar-refractivity contribution in [3.8, 4) is 5.75 Å². The third-order valence-electron chi connectivity index (χ3n) is 5.50. The summed E-state index contributed by atoms with van der Waals surface area (Å²) in [6, 6.07) is 11.6. The van der Waals surface area contributed by atoms with E-state index >= 15 is 0 Å². The summed E-state index contributed by atoms with van der Waals surface area (Å²) in [7, 11) is -0.821. The molecule has 0 saturated carbocycles. The SMILES string of the molecule is C=N/C(Nc1ccc(OC)c(Cl)c1)=C1/C=C(c2cncc(NS(=O)(=O)c3cccc(F)c3)c2)C=C/C1=N/C. The average Bonchev–Trinajstić information content (AvgIpc) is 2.91. The Morgan fingerprint density at radius 2 is 1.92 bits per heavy atom. The van der Waals surface area contributed by atoms with Crippen LogP contribution < -0.4 is 14.8 Å². The second-order valence-electron chi connectivity index (χ2n) is 7.96. The van der Waals surface area contributed by atoms with E-state index in [0.29, 0.717) is 39.1 Å². The number of nitrogens with one attached hydrogen (secondary N) is 2. The number of benzene rings is 2. The second-order valence-corrected chi connectivity index (χ2v) is 10.1. The topological polar surface area (TPSA) is 105 Å². The molecular weight excluding hydrogens is 529 g/mol.